The maximum atomic E-state index is 10.5. The summed E-state index contributed by atoms with van der Waals surface area (Å²) in [7, 11) is 0. The van der Waals surface area contributed by atoms with Crippen molar-refractivity contribution in [1.29, 1.82) is 0 Å². The molecular weight excluding hydrogens is 124 g/mol. The Bertz CT molecular complexity index is 156. The molecule has 1 heterocycles. The summed E-state index contributed by atoms with van der Waals surface area (Å²) >= 11 is 0. The summed E-state index contributed by atoms with van der Waals surface area (Å²) in [4.78, 5) is 21.3. The van der Waals surface area contributed by atoms with Crippen molar-refractivity contribution < 1.29 is 14.7 Å². The topological polar surface area (TPSA) is 69.6 Å². The van der Waals surface area contributed by atoms with Crippen molar-refractivity contribution in [2.24, 2.45) is 0 Å². The van der Waals surface area contributed by atoms with Crippen molar-refractivity contribution in [1.82, 2.24) is 10.2 Å². The third-order valence-electron chi connectivity index (χ3n) is 1.08. The van der Waals surface area contributed by atoms with Gasteiger partial charge in [0.25, 0.3) is 0 Å². The van der Waals surface area contributed by atoms with E-state index >= 15 is 0 Å². The molecule has 0 aliphatic carbocycles. The molecule has 0 aromatic carbocycles. The van der Waals surface area contributed by atoms with Crippen molar-refractivity contribution in [3.8, 4) is 0 Å². The summed E-state index contributed by atoms with van der Waals surface area (Å²) in [5.74, 6) is -0.387. The molecule has 1 saturated heterocycles. The summed E-state index contributed by atoms with van der Waals surface area (Å²) in [5.41, 5.74) is 0. The Morgan fingerprint density at radius 3 is 2.67 bits per heavy atom. The number of hydrogen-bond donors (Lipinski definition) is 2. The lowest BCUT2D eigenvalue weighted by Gasteiger charge is -2.04. The predicted octanol–water partition coefficient (Wildman–Crippen LogP) is -0.946. The zero-order valence-corrected chi connectivity index (χ0v) is 4.63. The number of carboxylic acid groups (broad SMARTS) is 1. The van der Waals surface area contributed by atoms with Crippen molar-refractivity contribution >= 4 is 12.0 Å². The van der Waals surface area contributed by atoms with Gasteiger partial charge >= 0.3 is 6.09 Å². The number of rotatable bonds is 0. The molecule has 0 aromatic heterocycles. The molecule has 9 heavy (non-hydrogen) atoms. The van der Waals surface area contributed by atoms with Crippen molar-refractivity contribution in [3.63, 3.8) is 0 Å². The van der Waals surface area contributed by atoms with Gasteiger partial charge in [-0.1, -0.05) is 0 Å². The molecule has 1 fully saturated rings. The lowest BCUT2D eigenvalue weighted by molar-refractivity contribution is -0.124. The van der Waals surface area contributed by atoms with Crippen LogP contribution in [0.25, 0.3) is 0 Å². The van der Waals surface area contributed by atoms with E-state index in [1.807, 2.05) is 0 Å². The number of imide groups is 1. The van der Waals surface area contributed by atoms with Crippen LogP contribution in [0.3, 0.4) is 0 Å². The minimum absolute atomic E-state index is 0.119. The molecule has 0 bridgehead atoms. The molecule has 5 heteroatoms. The fourth-order valence-corrected chi connectivity index (χ4v) is 0.633. The lowest BCUT2D eigenvalue weighted by atomic mass is 10.6. The van der Waals surface area contributed by atoms with Crippen LogP contribution >= 0.6 is 0 Å². The van der Waals surface area contributed by atoms with E-state index in [0.29, 0.717) is 0 Å². The molecule has 0 radical (unpaired) electrons. The van der Waals surface area contributed by atoms with Gasteiger partial charge in [0.2, 0.25) is 5.91 Å². The number of carbonyl (C=O) groups excluding carboxylic acids is 1. The van der Waals surface area contributed by atoms with Crippen molar-refractivity contribution in [3.05, 3.63) is 0 Å². The number of hydrogen-bond acceptors (Lipinski definition) is 3. The van der Waals surface area contributed by atoms with Crippen LogP contribution < -0.4 is 5.32 Å². The van der Waals surface area contributed by atoms with Crippen LogP contribution in [0.15, 0.2) is 0 Å². The maximum Gasteiger partial charge on any atom is 0.415 e. The molecule has 0 saturated carbocycles. The summed E-state index contributed by atoms with van der Waals surface area (Å²) in [6.45, 7) is 0.250. The molecule has 0 spiro atoms. The van der Waals surface area contributed by atoms with Gasteiger partial charge < -0.3 is 5.11 Å². The highest BCUT2D eigenvalue weighted by Gasteiger charge is 2.24. The summed E-state index contributed by atoms with van der Waals surface area (Å²) in [6, 6.07) is 0. The lowest BCUT2D eigenvalue weighted by Crippen LogP contribution is -2.31. The average Bonchev–Trinajstić information content (AvgIpc) is 2.13. The zero-order chi connectivity index (χ0) is 6.85. The van der Waals surface area contributed by atoms with E-state index < -0.39 is 6.09 Å². The van der Waals surface area contributed by atoms with Gasteiger partial charge in [0.05, 0.1) is 13.2 Å². The first-order valence-corrected chi connectivity index (χ1v) is 2.46. The maximum absolute atomic E-state index is 10.5. The number of nitrogens with one attached hydrogen (secondary N) is 1. The Balaban J connectivity index is 2.60. The van der Waals surface area contributed by atoms with Gasteiger partial charge in [0.1, 0.15) is 0 Å². The highest BCUT2D eigenvalue weighted by molar-refractivity contribution is 5.93. The zero-order valence-electron chi connectivity index (χ0n) is 4.63. The van der Waals surface area contributed by atoms with Gasteiger partial charge in [-0.3, -0.25) is 10.1 Å². The van der Waals surface area contributed by atoms with E-state index in [1.165, 1.54) is 0 Å². The molecule has 0 atom stereocenters. The largest absolute Gasteiger partial charge is 0.465 e. The van der Waals surface area contributed by atoms with Crippen LogP contribution in [-0.4, -0.2) is 35.2 Å². The second-order valence-electron chi connectivity index (χ2n) is 1.69. The van der Waals surface area contributed by atoms with Gasteiger partial charge in [-0.25, -0.2) is 9.69 Å². The summed E-state index contributed by atoms with van der Waals surface area (Å²) in [6.07, 6.45) is -1.19. The highest BCUT2D eigenvalue weighted by Crippen LogP contribution is 1.93. The van der Waals surface area contributed by atoms with Gasteiger partial charge in [0, 0.05) is 0 Å². The van der Waals surface area contributed by atoms with E-state index in [-0.39, 0.29) is 19.1 Å². The second-order valence-corrected chi connectivity index (χ2v) is 1.69. The van der Waals surface area contributed by atoms with E-state index in [0.717, 1.165) is 4.90 Å². The first-order valence-electron chi connectivity index (χ1n) is 2.46. The van der Waals surface area contributed by atoms with Crippen molar-refractivity contribution in [2.75, 3.05) is 13.2 Å². The molecule has 2 amide bonds. The van der Waals surface area contributed by atoms with Crippen LogP contribution in [0.2, 0.25) is 0 Å². The van der Waals surface area contributed by atoms with E-state index in [2.05, 4.69) is 5.32 Å². The van der Waals surface area contributed by atoms with E-state index in [4.69, 9.17) is 5.11 Å². The van der Waals surface area contributed by atoms with Crippen LogP contribution in [0.4, 0.5) is 4.79 Å². The number of carbonyl (C=O) groups is 2. The normalized spacial score (nSPS) is 18.7. The molecule has 0 aromatic rings. The van der Waals surface area contributed by atoms with Gasteiger partial charge in [-0.15, -0.1) is 0 Å². The van der Waals surface area contributed by atoms with E-state index in [9.17, 15) is 9.59 Å². The Morgan fingerprint density at radius 2 is 2.44 bits per heavy atom. The molecular formula is C4H6N2O3. The quantitative estimate of drug-likeness (QED) is 0.443. The highest BCUT2D eigenvalue weighted by atomic mass is 16.4. The predicted molar refractivity (Wildman–Crippen MR) is 27.7 cm³/mol. The van der Waals surface area contributed by atoms with Crippen LogP contribution in [0, 0.1) is 0 Å². The van der Waals surface area contributed by atoms with Gasteiger partial charge in [-0.2, -0.15) is 0 Å². The summed E-state index contributed by atoms with van der Waals surface area (Å²) < 4.78 is 0. The SMILES string of the molecule is O=C(O)N1CNCC1=O. The van der Waals surface area contributed by atoms with Crippen molar-refractivity contribution in [2.45, 2.75) is 0 Å². The van der Waals surface area contributed by atoms with Crippen LogP contribution in [0.1, 0.15) is 0 Å². The third-order valence-corrected chi connectivity index (χ3v) is 1.08. The third kappa shape index (κ3) is 0.996. The smallest absolute Gasteiger partial charge is 0.415 e. The number of amides is 2. The fourth-order valence-electron chi connectivity index (χ4n) is 0.633. The molecule has 1 aliphatic heterocycles. The Morgan fingerprint density at radius 1 is 1.78 bits per heavy atom. The summed E-state index contributed by atoms with van der Waals surface area (Å²) in [5, 5.41) is 10.8. The Kier molecular flexibility index (Phi) is 1.35. The average molecular weight is 130 g/mol. The molecule has 1 aliphatic rings. The first kappa shape index (κ1) is 6.03. The van der Waals surface area contributed by atoms with Gasteiger partial charge in [0.15, 0.2) is 0 Å². The molecule has 1 rings (SSSR count). The fraction of sp³-hybridized carbons (Fsp3) is 0.500. The minimum Gasteiger partial charge on any atom is -0.465 e. The standard InChI is InChI=1S/C4H6N2O3/c7-3-1-5-2-6(3)4(8)9/h5H,1-2H2,(H,8,9). The second kappa shape index (κ2) is 2.02. The molecule has 0 unspecified atom stereocenters. The molecule has 2 N–H and O–H groups in total. The first-order chi connectivity index (χ1) is 4.22. The Hall–Kier alpha value is -1.10. The Labute approximate surface area is 51.3 Å². The molecule has 5 nitrogen and oxygen atoms in total. The monoisotopic (exact) mass is 130 g/mol. The minimum atomic E-state index is -1.19. The van der Waals surface area contributed by atoms with Crippen LogP contribution in [0.5, 0.6) is 0 Å². The van der Waals surface area contributed by atoms with E-state index in [1.54, 1.807) is 0 Å². The number of nitrogens with zero attached hydrogens (tertiary/aromatic N) is 1. The van der Waals surface area contributed by atoms with Crippen LogP contribution in [-0.2, 0) is 4.79 Å². The van der Waals surface area contributed by atoms with Gasteiger partial charge in [-0.05, 0) is 0 Å². The molecule has 50 valence electrons.